The fourth-order valence-corrected chi connectivity index (χ4v) is 4.23. The lowest BCUT2D eigenvalue weighted by molar-refractivity contribution is -0.127. The number of aromatic nitrogens is 3. The summed E-state index contributed by atoms with van der Waals surface area (Å²) in [6, 6.07) is 16.4. The highest BCUT2D eigenvalue weighted by molar-refractivity contribution is 7.99. The summed E-state index contributed by atoms with van der Waals surface area (Å²) in [6.45, 7) is -1.80. The molecule has 0 N–H and O–H groups in total. The summed E-state index contributed by atoms with van der Waals surface area (Å²) >= 11 is 1.38. The number of benzene rings is 2. The number of carbonyl (C=O) groups is 1. The molecule has 9 heteroatoms. The second kappa shape index (κ2) is 10.1. The Morgan fingerprint density at radius 1 is 1.12 bits per heavy atom. The van der Waals surface area contributed by atoms with Gasteiger partial charge in [-0.05, 0) is 36.1 Å². The lowest BCUT2D eigenvalue weighted by Crippen LogP contribution is -2.28. The molecular weight excluding hydrogens is 434 g/mol. The van der Waals surface area contributed by atoms with Crippen LogP contribution in [-0.4, -0.2) is 45.0 Å². The second-order valence-corrected chi connectivity index (χ2v) is 8.69. The fraction of sp³-hybridized carbons (Fsp3) is 0.348. The van der Waals surface area contributed by atoms with E-state index < -0.39 is 6.61 Å². The first-order chi connectivity index (χ1) is 15.5. The third-order valence-electron chi connectivity index (χ3n) is 5.19. The topological polar surface area (TPSA) is 60.2 Å². The van der Waals surface area contributed by atoms with E-state index in [1.165, 1.54) is 29.5 Å². The van der Waals surface area contributed by atoms with Gasteiger partial charge < -0.3 is 14.2 Å². The van der Waals surface area contributed by atoms with Crippen LogP contribution >= 0.6 is 11.8 Å². The smallest absolute Gasteiger partial charge is 0.387 e. The molecule has 3 aromatic rings. The van der Waals surface area contributed by atoms with Gasteiger partial charge in [0.25, 0.3) is 0 Å². The summed E-state index contributed by atoms with van der Waals surface area (Å²) in [7, 11) is 1.72. The first kappa shape index (κ1) is 22.3. The molecule has 1 heterocycles. The second-order valence-electron chi connectivity index (χ2n) is 7.75. The highest BCUT2D eigenvalue weighted by Gasteiger charge is 2.30. The van der Waals surface area contributed by atoms with Gasteiger partial charge in [0, 0.05) is 19.5 Å². The number of hydrogen-bond acceptors (Lipinski definition) is 5. The van der Waals surface area contributed by atoms with Crippen LogP contribution in [0, 0.1) is 0 Å². The fourth-order valence-electron chi connectivity index (χ4n) is 3.34. The van der Waals surface area contributed by atoms with Gasteiger partial charge in [0.05, 0.1) is 12.3 Å². The Balaban J connectivity index is 1.36. The van der Waals surface area contributed by atoms with E-state index in [2.05, 4.69) is 31.6 Å². The maximum absolute atomic E-state index is 12.7. The first-order valence-electron chi connectivity index (χ1n) is 10.4. The summed E-state index contributed by atoms with van der Waals surface area (Å²) in [5.74, 6) is 1.72. The van der Waals surface area contributed by atoms with Crippen molar-refractivity contribution in [1.82, 2.24) is 19.7 Å². The van der Waals surface area contributed by atoms with E-state index in [0.29, 0.717) is 19.0 Å². The summed E-state index contributed by atoms with van der Waals surface area (Å²) in [5, 5.41) is 9.49. The van der Waals surface area contributed by atoms with Crippen molar-refractivity contribution in [2.24, 2.45) is 0 Å². The minimum atomic E-state index is -2.86. The van der Waals surface area contributed by atoms with Crippen LogP contribution in [0.15, 0.2) is 59.8 Å². The van der Waals surface area contributed by atoms with E-state index in [4.69, 9.17) is 0 Å². The largest absolute Gasteiger partial charge is 0.435 e. The molecule has 1 amide bonds. The number of alkyl halides is 2. The summed E-state index contributed by atoms with van der Waals surface area (Å²) in [6.07, 6.45) is 2.25. The quantitative estimate of drug-likeness (QED) is 0.417. The monoisotopic (exact) mass is 458 g/mol. The zero-order valence-corrected chi connectivity index (χ0v) is 18.5. The molecule has 0 spiro atoms. The third-order valence-corrected chi connectivity index (χ3v) is 6.14. The highest BCUT2D eigenvalue weighted by Crippen LogP contribution is 2.40. The Labute approximate surface area is 189 Å². The average molecular weight is 459 g/mol. The summed E-state index contributed by atoms with van der Waals surface area (Å²) < 4.78 is 31.0. The molecule has 168 valence electrons. The Morgan fingerprint density at radius 3 is 2.50 bits per heavy atom. The van der Waals surface area contributed by atoms with Crippen molar-refractivity contribution in [3.8, 4) is 5.75 Å². The zero-order valence-electron chi connectivity index (χ0n) is 17.7. The molecular formula is C23H24F2N4O2S. The van der Waals surface area contributed by atoms with E-state index in [9.17, 15) is 13.6 Å². The highest BCUT2D eigenvalue weighted by atomic mass is 32.2. The molecule has 2 aromatic carbocycles. The van der Waals surface area contributed by atoms with Gasteiger partial charge in [-0.25, -0.2) is 0 Å². The van der Waals surface area contributed by atoms with Gasteiger partial charge >= 0.3 is 6.61 Å². The van der Waals surface area contributed by atoms with Crippen LogP contribution in [-0.2, 0) is 17.9 Å². The van der Waals surface area contributed by atoms with E-state index in [-0.39, 0.29) is 17.4 Å². The van der Waals surface area contributed by atoms with Gasteiger partial charge in [-0.15, -0.1) is 10.2 Å². The number of hydrogen-bond donors (Lipinski definition) is 0. The Morgan fingerprint density at radius 2 is 1.84 bits per heavy atom. The van der Waals surface area contributed by atoms with E-state index in [1.807, 2.05) is 18.2 Å². The molecule has 1 aliphatic carbocycles. The minimum absolute atomic E-state index is 0.0508. The number of ether oxygens (including phenoxy) is 1. The van der Waals surface area contributed by atoms with E-state index in [0.717, 1.165) is 29.4 Å². The molecule has 0 bridgehead atoms. The standard InChI is InChI=1S/C23H24F2N4O2S/c1-28(13-17-7-11-19(12-8-17)31-22(24)25)20(30)15-32-23-27-26-21(18-9-10-18)29(23)14-16-5-3-2-4-6-16/h2-8,11-12,18,22H,9-10,13-15H2,1H3. The van der Waals surface area contributed by atoms with Crippen molar-refractivity contribution in [3.63, 3.8) is 0 Å². The average Bonchev–Trinajstić information content (AvgIpc) is 3.55. The molecule has 1 saturated carbocycles. The SMILES string of the molecule is CN(Cc1ccc(OC(F)F)cc1)C(=O)CSc1nnc(C2CC2)n1Cc1ccccc1. The zero-order chi connectivity index (χ0) is 22.5. The number of nitrogens with zero attached hydrogens (tertiary/aromatic N) is 4. The molecule has 4 rings (SSSR count). The Kier molecular flexibility index (Phi) is 7.04. The normalized spacial score (nSPS) is 13.4. The summed E-state index contributed by atoms with van der Waals surface area (Å²) in [5.41, 5.74) is 1.99. The maximum atomic E-state index is 12.7. The van der Waals surface area contributed by atoms with Gasteiger partial charge in [0.2, 0.25) is 5.91 Å². The molecule has 0 radical (unpaired) electrons. The molecule has 1 aromatic heterocycles. The van der Waals surface area contributed by atoms with Crippen molar-refractivity contribution in [2.45, 2.75) is 43.6 Å². The van der Waals surface area contributed by atoms with Crippen LogP contribution in [0.3, 0.4) is 0 Å². The molecule has 1 fully saturated rings. The number of amides is 1. The van der Waals surface area contributed by atoms with Crippen LogP contribution < -0.4 is 4.74 Å². The van der Waals surface area contributed by atoms with Crippen LogP contribution in [0.2, 0.25) is 0 Å². The van der Waals surface area contributed by atoms with Crippen molar-refractivity contribution < 1.29 is 18.3 Å². The van der Waals surface area contributed by atoms with Crippen LogP contribution in [0.1, 0.15) is 35.7 Å². The van der Waals surface area contributed by atoms with Crippen molar-refractivity contribution in [1.29, 1.82) is 0 Å². The molecule has 32 heavy (non-hydrogen) atoms. The number of thioether (sulfide) groups is 1. The predicted octanol–water partition coefficient (Wildman–Crippen LogP) is 4.56. The van der Waals surface area contributed by atoms with Crippen molar-refractivity contribution >= 4 is 17.7 Å². The van der Waals surface area contributed by atoms with Crippen LogP contribution in [0.5, 0.6) is 5.75 Å². The molecule has 0 saturated heterocycles. The summed E-state index contributed by atoms with van der Waals surface area (Å²) in [4.78, 5) is 14.3. The lowest BCUT2D eigenvalue weighted by Gasteiger charge is -2.17. The van der Waals surface area contributed by atoms with E-state index >= 15 is 0 Å². The van der Waals surface area contributed by atoms with Crippen molar-refractivity contribution in [2.75, 3.05) is 12.8 Å². The van der Waals surface area contributed by atoms with Crippen LogP contribution in [0.4, 0.5) is 8.78 Å². The molecule has 0 unspecified atom stereocenters. The minimum Gasteiger partial charge on any atom is -0.435 e. The maximum Gasteiger partial charge on any atom is 0.387 e. The van der Waals surface area contributed by atoms with Gasteiger partial charge in [0.1, 0.15) is 11.6 Å². The lowest BCUT2D eigenvalue weighted by atomic mass is 10.2. The van der Waals surface area contributed by atoms with Gasteiger partial charge in [-0.2, -0.15) is 8.78 Å². The number of rotatable bonds is 10. The first-order valence-corrected chi connectivity index (χ1v) is 11.4. The third kappa shape index (κ3) is 5.85. The van der Waals surface area contributed by atoms with E-state index in [1.54, 1.807) is 24.1 Å². The van der Waals surface area contributed by atoms with Gasteiger partial charge in [-0.3, -0.25) is 4.79 Å². The number of carbonyl (C=O) groups excluding carboxylic acids is 1. The Bertz CT molecular complexity index is 1040. The molecule has 0 aliphatic heterocycles. The van der Waals surface area contributed by atoms with Gasteiger partial charge in [-0.1, -0.05) is 54.2 Å². The predicted molar refractivity (Wildman–Crippen MR) is 118 cm³/mol. The van der Waals surface area contributed by atoms with Crippen LogP contribution in [0.25, 0.3) is 0 Å². The van der Waals surface area contributed by atoms with Gasteiger partial charge in [0.15, 0.2) is 5.16 Å². The molecule has 1 aliphatic rings. The Hall–Kier alpha value is -2.94. The molecule has 0 atom stereocenters. The number of halogens is 2. The van der Waals surface area contributed by atoms with Crippen molar-refractivity contribution in [3.05, 3.63) is 71.5 Å². The molecule has 6 nitrogen and oxygen atoms in total.